The highest BCUT2D eigenvalue weighted by molar-refractivity contribution is 5.98. The van der Waals surface area contributed by atoms with Crippen LogP contribution in [-0.2, 0) is 24.1 Å². The van der Waals surface area contributed by atoms with E-state index >= 15 is 4.39 Å². The van der Waals surface area contributed by atoms with Gasteiger partial charge in [0.25, 0.3) is 0 Å². The summed E-state index contributed by atoms with van der Waals surface area (Å²) in [5, 5.41) is 12.8. The Bertz CT molecular complexity index is 1680. The van der Waals surface area contributed by atoms with Gasteiger partial charge in [0, 0.05) is 56.0 Å². The van der Waals surface area contributed by atoms with Crippen LogP contribution >= 0.6 is 0 Å². The number of fused-ring (bicyclic) bond motifs is 3. The minimum absolute atomic E-state index is 0.105. The molecule has 0 saturated carbocycles. The summed E-state index contributed by atoms with van der Waals surface area (Å²) < 4.78 is 46.3. The average molecular weight is 650 g/mol. The van der Waals surface area contributed by atoms with E-state index in [9.17, 15) is 9.50 Å². The van der Waals surface area contributed by atoms with Crippen LogP contribution in [0.5, 0.6) is 11.8 Å². The van der Waals surface area contributed by atoms with E-state index in [0.717, 1.165) is 84.2 Å². The number of aliphatic hydroxyl groups is 1. The molecule has 0 amide bonds. The van der Waals surface area contributed by atoms with Gasteiger partial charge in [-0.3, -0.25) is 4.90 Å². The Labute approximate surface area is 275 Å². The Morgan fingerprint density at radius 2 is 1.89 bits per heavy atom. The van der Waals surface area contributed by atoms with E-state index in [1.807, 2.05) is 26.0 Å². The normalized spacial score (nSPS) is 25.4. The molecule has 2 atom stereocenters. The van der Waals surface area contributed by atoms with Gasteiger partial charge in [0.1, 0.15) is 24.0 Å². The summed E-state index contributed by atoms with van der Waals surface area (Å²) in [6.45, 7) is 8.31. The van der Waals surface area contributed by atoms with Gasteiger partial charge in [-0.25, -0.2) is 8.78 Å². The van der Waals surface area contributed by atoms with Crippen LogP contribution in [0.25, 0.3) is 10.8 Å². The first kappa shape index (κ1) is 32.0. The largest absolute Gasteiger partial charge is 0.467 e. The number of β-amino-alcohol motifs (C(OH)–C–C–N with tert-alkyl or cyclic N) is 1. The van der Waals surface area contributed by atoms with E-state index in [4.69, 9.17) is 24.2 Å². The topological polar surface area (TPSA) is 83.4 Å². The first-order chi connectivity index (χ1) is 22.7. The van der Waals surface area contributed by atoms with E-state index in [-0.39, 0.29) is 18.1 Å². The van der Waals surface area contributed by atoms with Crippen molar-refractivity contribution in [2.24, 2.45) is 0 Å². The van der Waals surface area contributed by atoms with Crippen molar-refractivity contribution in [3.8, 4) is 11.8 Å². The van der Waals surface area contributed by atoms with Crippen molar-refractivity contribution in [2.45, 2.75) is 76.5 Å². The molecule has 0 spiro atoms. The number of ether oxygens (including phenoxy) is 3. The Kier molecular flexibility index (Phi) is 8.73. The summed E-state index contributed by atoms with van der Waals surface area (Å²) in [4.78, 5) is 16.7. The van der Waals surface area contributed by atoms with Crippen LogP contribution in [0.3, 0.4) is 0 Å². The van der Waals surface area contributed by atoms with Crippen LogP contribution in [0.2, 0.25) is 0 Å². The maximum atomic E-state index is 15.2. The Balaban J connectivity index is 1.27. The fourth-order valence-electron chi connectivity index (χ4n) is 8.24. The molecule has 7 rings (SSSR count). The Morgan fingerprint density at radius 1 is 1.04 bits per heavy atom. The predicted octanol–water partition coefficient (Wildman–Crippen LogP) is 5.70. The van der Waals surface area contributed by atoms with Gasteiger partial charge in [-0.1, -0.05) is 13.0 Å². The molecule has 1 unspecified atom stereocenters. The molecular formula is C36H45F2N5O4. The van der Waals surface area contributed by atoms with Crippen LogP contribution in [0, 0.1) is 5.82 Å². The molecule has 0 aliphatic carbocycles. The van der Waals surface area contributed by atoms with E-state index < -0.39 is 5.60 Å². The van der Waals surface area contributed by atoms with Crippen molar-refractivity contribution in [1.82, 2.24) is 14.9 Å². The fourth-order valence-corrected chi connectivity index (χ4v) is 8.24. The molecule has 2 aromatic carbocycles. The van der Waals surface area contributed by atoms with Gasteiger partial charge in [0.2, 0.25) is 0 Å². The van der Waals surface area contributed by atoms with Crippen molar-refractivity contribution >= 4 is 22.3 Å². The number of benzene rings is 2. The fraction of sp³-hybridized carbons (Fsp3) is 0.556. The molecular weight excluding hydrogens is 604 g/mol. The number of hydrogen-bond acceptors (Lipinski definition) is 9. The maximum Gasteiger partial charge on any atom is 0.318 e. The van der Waals surface area contributed by atoms with Gasteiger partial charge in [0.05, 0.1) is 29.7 Å². The lowest BCUT2D eigenvalue weighted by Crippen LogP contribution is -2.47. The van der Waals surface area contributed by atoms with Gasteiger partial charge in [0.15, 0.2) is 6.79 Å². The van der Waals surface area contributed by atoms with Gasteiger partial charge >= 0.3 is 6.01 Å². The highest BCUT2D eigenvalue weighted by Gasteiger charge is 2.47. The number of halogens is 2. The van der Waals surface area contributed by atoms with Crippen molar-refractivity contribution in [3.05, 3.63) is 58.8 Å². The number of hydrogen-bond donors (Lipinski definition) is 1. The smallest absolute Gasteiger partial charge is 0.318 e. The molecule has 11 heteroatoms. The minimum atomic E-state index is -0.817. The molecule has 9 nitrogen and oxygen atoms in total. The van der Waals surface area contributed by atoms with Gasteiger partial charge < -0.3 is 29.1 Å². The van der Waals surface area contributed by atoms with E-state index in [1.54, 1.807) is 13.2 Å². The lowest BCUT2D eigenvalue weighted by molar-refractivity contribution is 0.0445. The predicted molar refractivity (Wildman–Crippen MR) is 177 cm³/mol. The van der Waals surface area contributed by atoms with E-state index in [2.05, 4.69) is 14.7 Å². The molecule has 4 aliphatic heterocycles. The second-order valence-corrected chi connectivity index (χ2v) is 13.9. The molecule has 47 heavy (non-hydrogen) atoms. The molecule has 0 radical (unpaired) electrons. The summed E-state index contributed by atoms with van der Waals surface area (Å²) in [6, 6.07) is 7.52. The molecule has 4 aliphatic rings. The number of nitrogens with zero attached hydrogens (tertiary/aromatic N) is 5. The first-order valence-corrected chi connectivity index (χ1v) is 16.9. The second-order valence-electron chi connectivity index (χ2n) is 13.9. The van der Waals surface area contributed by atoms with E-state index in [0.29, 0.717) is 69.4 Å². The second kappa shape index (κ2) is 12.8. The van der Waals surface area contributed by atoms with Gasteiger partial charge in [-0.05, 0) is 87.1 Å². The third-order valence-corrected chi connectivity index (χ3v) is 10.5. The minimum Gasteiger partial charge on any atom is -0.467 e. The standard InChI is InChI=1S/C36H45F2N5O4/c1-4-27-29(38)8-7-25-15-26(47-23-45-3)16-31(32(25)27)41-14-9-28-30(20-41)39-34(40-33(28)42-12-5-10-35(2,44)21-42)46-22-36-11-6-13-43(36)19-24(17-36)18-37/h7-8,15-16,18,44H,4-6,9-14,17,19-23H2,1-3H3/b24-18-/t35-,36?/m1/s1. The number of piperidine rings is 1. The SMILES string of the molecule is CCc1c(F)ccc2cc(OCOC)cc(N3CCc4c(nc(OCC56CCCN5C/C(=C\F)C6)nc4N4CCC[C@@](C)(O)C4)C3)c12. The summed E-state index contributed by atoms with van der Waals surface area (Å²) in [5.41, 5.74) is 3.19. The van der Waals surface area contributed by atoms with Crippen molar-refractivity contribution in [2.75, 3.05) is 63.0 Å². The van der Waals surface area contributed by atoms with Crippen molar-refractivity contribution in [3.63, 3.8) is 0 Å². The molecule has 3 fully saturated rings. The van der Waals surface area contributed by atoms with Gasteiger partial charge in [-0.15, -0.1) is 0 Å². The quantitative estimate of drug-likeness (QED) is 0.294. The number of aromatic nitrogens is 2. The number of methoxy groups -OCH3 is 1. The Hall–Kier alpha value is -3.54. The first-order valence-electron chi connectivity index (χ1n) is 16.9. The van der Waals surface area contributed by atoms with Gasteiger partial charge in [-0.2, -0.15) is 9.97 Å². The lowest BCUT2D eigenvalue weighted by atomic mass is 9.94. The summed E-state index contributed by atoms with van der Waals surface area (Å²) in [7, 11) is 1.58. The molecule has 1 N–H and O–H groups in total. The van der Waals surface area contributed by atoms with Crippen LogP contribution in [-0.4, -0.2) is 84.3 Å². The van der Waals surface area contributed by atoms with Crippen LogP contribution < -0.4 is 19.3 Å². The lowest BCUT2D eigenvalue weighted by Gasteiger charge is -2.40. The molecule has 1 aromatic heterocycles. The number of rotatable bonds is 9. The summed E-state index contributed by atoms with van der Waals surface area (Å²) >= 11 is 0. The third kappa shape index (κ3) is 6.13. The third-order valence-electron chi connectivity index (χ3n) is 10.5. The monoisotopic (exact) mass is 649 g/mol. The highest BCUT2D eigenvalue weighted by atomic mass is 19.1. The number of anilines is 2. The summed E-state index contributed by atoms with van der Waals surface area (Å²) in [6.07, 6.45) is 6.21. The highest BCUT2D eigenvalue weighted by Crippen LogP contribution is 2.43. The zero-order chi connectivity index (χ0) is 32.8. The van der Waals surface area contributed by atoms with Crippen molar-refractivity contribution < 1.29 is 28.1 Å². The maximum absolute atomic E-state index is 15.2. The molecule has 5 heterocycles. The van der Waals surface area contributed by atoms with Crippen molar-refractivity contribution in [1.29, 1.82) is 0 Å². The zero-order valence-corrected chi connectivity index (χ0v) is 27.7. The Morgan fingerprint density at radius 3 is 2.68 bits per heavy atom. The average Bonchev–Trinajstić information content (AvgIpc) is 3.62. The van der Waals surface area contributed by atoms with Crippen LogP contribution in [0.4, 0.5) is 20.3 Å². The summed E-state index contributed by atoms with van der Waals surface area (Å²) in [5.74, 6) is 1.23. The molecule has 0 bridgehead atoms. The van der Waals surface area contributed by atoms with E-state index in [1.165, 1.54) is 6.07 Å². The number of aryl methyl sites for hydroxylation is 1. The zero-order valence-electron chi connectivity index (χ0n) is 27.7. The molecule has 252 valence electrons. The van der Waals surface area contributed by atoms with Crippen LogP contribution in [0.1, 0.15) is 62.8 Å². The molecule has 3 aromatic rings. The molecule has 3 saturated heterocycles. The van der Waals surface area contributed by atoms with Crippen LogP contribution in [0.15, 0.2) is 36.2 Å².